The summed E-state index contributed by atoms with van der Waals surface area (Å²) in [6, 6.07) is 5.02. The van der Waals surface area contributed by atoms with E-state index in [1.165, 1.54) is 6.07 Å². The van der Waals surface area contributed by atoms with Crippen LogP contribution in [0.25, 0.3) is 22.3 Å². The van der Waals surface area contributed by atoms with Crippen molar-refractivity contribution in [1.29, 1.82) is 0 Å². The molecule has 76 heavy (non-hydrogen) atoms. The number of rotatable bonds is 3. The average Bonchev–Trinajstić information content (AvgIpc) is 3.46. The fourth-order valence-corrected chi connectivity index (χ4v) is 9.89. The van der Waals surface area contributed by atoms with E-state index in [1.807, 2.05) is 0 Å². The van der Waals surface area contributed by atoms with Crippen LogP contribution in [0.1, 0.15) is 75.7 Å². The third kappa shape index (κ3) is 7.11. The van der Waals surface area contributed by atoms with E-state index in [1.54, 1.807) is 0 Å². The van der Waals surface area contributed by atoms with E-state index in [0.717, 1.165) is 12.1 Å². The number of phenolic OH excluding ortho intramolecular Hbond substituents is 16. The molecular weight excluding hydrogens is 1020 g/mol. The van der Waals surface area contributed by atoms with Gasteiger partial charge in [-0.2, -0.15) is 0 Å². The summed E-state index contributed by atoms with van der Waals surface area (Å²) in [5.41, 5.74) is -11.2. The lowest BCUT2D eigenvalue weighted by Crippen LogP contribution is -2.55. The normalized spacial score (nSPS) is 21.7. The van der Waals surface area contributed by atoms with Crippen LogP contribution in [0.4, 0.5) is 0 Å². The Morgan fingerprint density at radius 2 is 0.882 bits per heavy atom. The van der Waals surface area contributed by atoms with Crippen LogP contribution in [0.3, 0.4) is 0 Å². The van der Waals surface area contributed by atoms with Gasteiger partial charge in [0.25, 0.3) is 0 Å². The predicted octanol–water partition coefficient (Wildman–Crippen LogP) is 2.31. The van der Waals surface area contributed by atoms with Gasteiger partial charge in [0.05, 0.1) is 34.3 Å². The smallest absolute Gasteiger partial charge is 0.339 e. The number of cyclic esters (lactones) is 3. The topological polar surface area (TPSA) is 479 Å². The minimum Gasteiger partial charge on any atom is -0.507 e. The van der Waals surface area contributed by atoms with Gasteiger partial charge in [0.15, 0.2) is 75.8 Å². The molecule has 4 aliphatic rings. The lowest BCUT2D eigenvalue weighted by atomic mass is 9.73. The third-order valence-corrected chi connectivity index (χ3v) is 13.4. The minimum absolute atomic E-state index is 0.0770. The summed E-state index contributed by atoms with van der Waals surface area (Å²) in [6.07, 6.45) is -14.6. The van der Waals surface area contributed by atoms with Crippen molar-refractivity contribution in [2.45, 2.75) is 49.0 Å². The zero-order chi connectivity index (χ0) is 55.0. The number of aromatic hydroxyl groups is 16. The Balaban J connectivity index is 1.28. The van der Waals surface area contributed by atoms with Gasteiger partial charge in [-0.3, -0.25) is 0 Å². The van der Waals surface area contributed by atoms with Gasteiger partial charge in [-0.1, -0.05) is 6.07 Å². The highest BCUT2D eigenvalue weighted by molar-refractivity contribution is 6.11. The molecule has 0 saturated carbocycles. The van der Waals surface area contributed by atoms with E-state index in [9.17, 15) is 111 Å². The molecule has 18 N–H and O–H groups in total. The molecule has 6 aromatic rings. The molecule has 0 aromatic heterocycles. The average molecular weight is 1060 g/mol. The number of benzene rings is 6. The van der Waals surface area contributed by atoms with Gasteiger partial charge in [-0.25, -0.2) is 19.2 Å². The van der Waals surface area contributed by atoms with Crippen molar-refractivity contribution >= 4 is 23.9 Å². The van der Waals surface area contributed by atoms with Crippen molar-refractivity contribution in [3.63, 3.8) is 0 Å². The zero-order valence-electron chi connectivity index (χ0n) is 37.7. The molecule has 4 heterocycles. The quantitative estimate of drug-likeness (QED) is 0.0687. The van der Waals surface area contributed by atoms with E-state index in [2.05, 4.69) is 0 Å². The minimum atomic E-state index is -2.77. The van der Waals surface area contributed by atoms with E-state index >= 15 is 0 Å². The molecule has 394 valence electrons. The molecule has 0 spiro atoms. The van der Waals surface area contributed by atoms with E-state index in [-0.39, 0.29) is 11.1 Å². The molecule has 0 saturated heterocycles. The molecule has 6 aromatic carbocycles. The molecular formula is C49H36O27. The maximum Gasteiger partial charge on any atom is 0.339 e. The van der Waals surface area contributed by atoms with Crippen molar-refractivity contribution in [3.8, 4) is 120 Å². The van der Waals surface area contributed by atoms with Crippen LogP contribution >= 0.6 is 0 Å². The summed E-state index contributed by atoms with van der Waals surface area (Å²) in [5, 5.41) is 200. The Morgan fingerprint density at radius 1 is 0.382 bits per heavy atom. The van der Waals surface area contributed by atoms with Gasteiger partial charge in [-0.05, 0) is 35.9 Å². The van der Waals surface area contributed by atoms with Gasteiger partial charge in [-0.15, -0.1) is 0 Å². The number of hydrogen-bond acceptors (Lipinski definition) is 27. The third-order valence-electron chi connectivity index (χ3n) is 13.4. The molecule has 27 heteroatoms. The zero-order valence-corrected chi connectivity index (χ0v) is 37.7. The Bertz CT molecular complexity index is 3600. The number of phenols is 16. The van der Waals surface area contributed by atoms with E-state index < -0.39 is 233 Å². The molecule has 0 amide bonds. The fraction of sp³-hybridized carbons (Fsp3) is 0.184. The van der Waals surface area contributed by atoms with Crippen LogP contribution in [-0.4, -0.2) is 153 Å². The van der Waals surface area contributed by atoms with Crippen LogP contribution in [0.2, 0.25) is 0 Å². The highest BCUT2D eigenvalue weighted by Crippen LogP contribution is 2.62. The fourth-order valence-electron chi connectivity index (χ4n) is 9.89. The molecule has 0 radical (unpaired) electrons. The maximum absolute atomic E-state index is 14.8. The first kappa shape index (κ1) is 49.3. The second-order valence-corrected chi connectivity index (χ2v) is 17.7. The molecule has 3 unspecified atom stereocenters. The van der Waals surface area contributed by atoms with Gasteiger partial charge >= 0.3 is 23.9 Å². The summed E-state index contributed by atoms with van der Waals surface area (Å²) >= 11 is 0. The first-order valence-electron chi connectivity index (χ1n) is 21.9. The van der Waals surface area contributed by atoms with E-state index in [4.69, 9.17) is 23.7 Å². The van der Waals surface area contributed by atoms with Gasteiger partial charge in [0.2, 0.25) is 23.0 Å². The summed E-state index contributed by atoms with van der Waals surface area (Å²) in [7, 11) is 0. The summed E-state index contributed by atoms with van der Waals surface area (Å²) < 4.78 is 29.1. The summed E-state index contributed by atoms with van der Waals surface area (Å²) in [4.78, 5) is 58.3. The second-order valence-electron chi connectivity index (χ2n) is 17.7. The van der Waals surface area contributed by atoms with Gasteiger partial charge < -0.3 is 116 Å². The standard InChI is InChI=1S/C49H36O27/c50-15-2-1-10(3-17(15)52)41-22(57)4-11-16(51)8-18(53)27(42(11)73-41)30-29-31-28(38(65)40(67)39(29)66)26-14(7-21(56)34(61)37(26)64)48(70)76-45(44(30)75-49(31)71)43-23(58)9-72-46(68)12-5-19(54)32(59)35(62)24(12)25-13(47(69)74-43)6-20(55)33(60)36(25)63/h1-3,5-8,22-23,30,41,43-45,50-67H,4,9H2/t22?,23-,30-,41?,43-,44+,45?/m1/s1. The van der Waals surface area contributed by atoms with Crippen molar-refractivity contribution in [2.75, 3.05) is 6.61 Å². The molecule has 0 fully saturated rings. The monoisotopic (exact) mass is 1060 g/mol. The van der Waals surface area contributed by atoms with Crippen molar-refractivity contribution in [3.05, 3.63) is 87.0 Å². The van der Waals surface area contributed by atoms with E-state index in [0.29, 0.717) is 24.3 Å². The molecule has 10 rings (SSSR count). The second kappa shape index (κ2) is 17.2. The molecule has 2 bridgehead atoms. The predicted molar refractivity (Wildman–Crippen MR) is 242 cm³/mol. The molecule has 7 atom stereocenters. The number of carbonyl (C=O) groups excluding carboxylic acids is 4. The highest BCUT2D eigenvalue weighted by Gasteiger charge is 2.56. The van der Waals surface area contributed by atoms with Crippen LogP contribution in [-0.2, 0) is 25.4 Å². The van der Waals surface area contributed by atoms with Crippen LogP contribution in [0, 0.1) is 0 Å². The van der Waals surface area contributed by atoms with Gasteiger partial charge in [0.1, 0.15) is 36.1 Å². The number of hydrogen-bond donors (Lipinski definition) is 18. The van der Waals surface area contributed by atoms with Crippen molar-refractivity contribution in [1.82, 2.24) is 0 Å². The number of aliphatic hydroxyl groups excluding tert-OH is 2. The summed E-state index contributed by atoms with van der Waals surface area (Å²) in [6.45, 7) is -1.44. The number of esters is 4. The Kier molecular flexibility index (Phi) is 11.1. The van der Waals surface area contributed by atoms with Crippen molar-refractivity contribution < 1.29 is 135 Å². The molecule has 27 nitrogen and oxygen atoms in total. The first-order valence-corrected chi connectivity index (χ1v) is 21.9. The molecule has 4 aliphatic heterocycles. The van der Waals surface area contributed by atoms with Crippen LogP contribution < -0.4 is 4.74 Å². The van der Waals surface area contributed by atoms with Crippen LogP contribution in [0.15, 0.2) is 42.5 Å². The summed E-state index contributed by atoms with van der Waals surface area (Å²) in [5.74, 6) is -30.6. The number of fused-ring (bicyclic) bond motifs is 8. The molecule has 0 aliphatic carbocycles. The first-order chi connectivity index (χ1) is 35.8. The lowest BCUT2D eigenvalue weighted by Gasteiger charge is -2.43. The van der Waals surface area contributed by atoms with Crippen LogP contribution in [0.5, 0.6) is 97.7 Å². The number of ether oxygens (including phenoxy) is 5. The maximum atomic E-state index is 14.8. The van der Waals surface area contributed by atoms with Gasteiger partial charge in [0, 0.05) is 51.4 Å². The highest BCUT2D eigenvalue weighted by atomic mass is 16.6. The Labute approximate surface area is 420 Å². The number of aliphatic hydroxyl groups is 2. The Hall–Kier alpha value is -10.3. The number of carbonyl (C=O) groups is 4. The largest absolute Gasteiger partial charge is 0.507 e. The van der Waals surface area contributed by atoms with Crippen molar-refractivity contribution in [2.24, 2.45) is 0 Å². The SMILES string of the molecule is O=C1OC[C@@H](O)[C@H](C2OC(=O)c3cc(O)c(O)c(O)c3-c3c(O)c(O)c(O)c4c3C(=O)O[C@H]2[C@@H]4c2c(O)cc(O)c3c2OC(c2ccc(O)c(O)c2)C(O)C3)OC(=O)c2cc(O)c(O)c(O)c2-c2c1cc(O)c(O)c2O. The Morgan fingerprint density at radius 3 is 1.43 bits per heavy atom. The lowest BCUT2D eigenvalue weighted by molar-refractivity contribution is -0.133.